The number of imide groups is 1. The Morgan fingerprint density at radius 2 is 1.50 bits per heavy atom. The zero-order valence-electron chi connectivity index (χ0n) is 20.1. The van der Waals surface area contributed by atoms with E-state index < -0.39 is 58.7 Å². The SMILES string of the molecule is CCOC(=O)c1ccc(N2C(=O)[C@H]3[C@@H](C2=O)C2(O[C@H]3c3ccc(F)cc3)C(=O)c3ccccc3C2=O)cc1. The highest BCUT2D eigenvalue weighted by Gasteiger charge is 2.74. The summed E-state index contributed by atoms with van der Waals surface area (Å²) >= 11 is 0. The van der Waals surface area contributed by atoms with Crippen LogP contribution in [-0.2, 0) is 19.1 Å². The number of carbonyl (C=O) groups is 5. The largest absolute Gasteiger partial charge is 0.462 e. The molecule has 0 N–H and O–H groups in total. The number of rotatable bonds is 4. The Morgan fingerprint density at radius 1 is 0.895 bits per heavy atom. The van der Waals surface area contributed by atoms with E-state index in [-0.39, 0.29) is 29.0 Å². The number of anilines is 1. The number of Topliss-reactive ketones (excluding diaryl/α,β-unsaturated/α-hetero) is 2. The molecule has 2 fully saturated rings. The Morgan fingerprint density at radius 3 is 2.08 bits per heavy atom. The number of halogens is 1. The third-order valence-electron chi connectivity index (χ3n) is 7.35. The van der Waals surface area contributed by atoms with Gasteiger partial charge in [0.25, 0.3) is 0 Å². The van der Waals surface area contributed by atoms with Gasteiger partial charge in [0, 0.05) is 11.1 Å². The van der Waals surface area contributed by atoms with Crippen molar-refractivity contribution in [2.24, 2.45) is 11.8 Å². The van der Waals surface area contributed by atoms with Gasteiger partial charge in [-0.25, -0.2) is 14.1 Å². The van der Waals surface area contributed by atoms with E-state index in [1.165, 1.54) is 60.7 Å². The van der Waals surface area contributed by atoms with Gasteiger partial charge in [-0.3, -0.25) is 19.2 Å². The van der Waals surface area contributed by atoms with Crippen LogP contribution >= 0.6 is 0 Å². The first kappa shape index (κ1) is 23.9. The molecule has 3 atom stereocenters. The maximum atomic E-state index is 13.9. The van der Waals surface area contributed by atoms with Crippen LogP contribution < -0.4 is 4.90 Å². The number of hydrogen-bond donors (Lipinski definition) is 0. The molecular weight excluding hydrogens is 493 g/mol. The van der Waals surface area contributed by atoms with E-state index in [1.54, 1.807) is 19.1 Å². The molecule has 2 aliphatic heterocycles. The van der Waals surface area contributed by atoms with Crippen molar-refractivity contribution in [2.45, 2.75) is 18.6 Å². The monoisotopic (exact) mass is 513 g/mol. The topological polar surface area (TPSA) is 107 Å². The number of nitrogens with zero attached hydrogens (tertiary/aromatic N) is 1. The molecule has 0 bridgehead atoms. The van der Waals surface area contributed by atoms with Gasteiger partial charge in [0.2, 0.25) is 29.0 Å². The standard InChI is InChI=1S/C29H20FNO7/c1-2-37-28(36)16-9-13-18(14-10-16)31-26(34)21-22(27(31)35)29(38-23(21)15-7-11-17(30)12-8-15)24(32)19-5-3-4-6-20(19)25(29)33/h3-14,21-23H,2H2,1H3/t21-,22-,23-/m0/s1. The average Bonchev–Trinajstić information content (AvgIpc) is 3.49. The zero-order chi connectivity index (χ0) is 26.8. The number of benzene rings is 3. The molecule has 2 amide bonds. The molecule has 0 unspecified atom stereocenters. The van der Waals surface area contributed by atoms with Crippen LogP contribution in [0.5, 0.6) is 0 Å². The minimum Gasteiger partial charge on any atom is -0.462 e. The molecular formula is C29H20FNO7. The van der Waals surface area contributed by atoms with Crippen molar-refractivity contribution < 1.29 is 37.8 Å². The molecule has 2 saturated heterocycles. The fraction of sp³-hybridized carbons (Fsp3) is 0.207. The predicted molar refractivity (Wildman–Crippen MR) is 130 cm³/mol. The summed E-state index contributed by atoms with van der Waals surface area (Å²) in [5.74, 6) is -6.50. The molecule has 0 radical (unpaired) electrons. The molecule has 6 rings (SSSR count). The summed E-state index contributed by atoms with van der Waals surface area (Å²) in [5, 5.41) is 0. The maximum absolute atomic E-state index is 13.9. The lowest BCUT2D eigenvalue weighted by molar-refractivity contribution is -0.127. The van der Waals surface area contributed by atoms with Crippen LogP contribution in [0, 0.1) is 17.7 Å². The molecule has 190 valence electrons. The highest BCUT2D eigenvalue weighted by atomic mass is 19.1. The van der Waals surface area contributed by atoms with E-state index in [2.05, 4.69) is 0 Å². The van der Waals surface area contributed by atoms with Gasteiger partial charge in [0.1, 0.15) is 5.82 Å². The second kappa shape index (κ2) is 8.53. The molecule has 8 nitrogen and oxygen atoms in total. The van der Waals surface area contributed by atoms with Gasteiger partial charge < -0.3 is 9.47 Å². The van der Waals surface area contributed by atoms with Gasteiger partial charge >= 0.3 is 5.97 Å². The van der Waals surface area contributed by atoms with Crippen LogP contribution in [0.25, 0.3) is 0 Å². The van der Waals surface area contributed by atoms with Crippen molar-refractivity contribution in [3.8, 4) is 0 Å². The van der Waals surface area contributed by atoms with Gasteiger partial charge in [0.15, 0.2) is 0 Å². The summed E-state index contributed by atoms with van der Waals surface area (Å²) in [6.45, 7) is 1.86. The Balaban J connectivity index is 1.46. The van der Waals surface area contributed by atoms with E-state index in [4.69, 9.17) is 9.47 Å². The van der Waals surface area contributed by atoms with E-state index >= 15 is 0 Å². The molecule has 38 heavy (non-hydrogen) atoms. The van der Waals surface area contributed by atoms with Gasteiger partial charge in [-0.05, 0) is 48.9 Å². The summed E-state index contributed by atoms with van der Waals surface area (Å²) in [6.07, 6.45) is -1.15. The van der Waals surface area contributed by atoms with Crippen molar-refractivity contribution in [1.29, 1.82) is 0 Å². The van der Waals surface area contributed by atoms with E-state index in [9.17, 15) is 28.4 Å². The van der Waals surface area contributed by atoms with Crippen molar-refractivity contribution in [1.82, 2.24) is 0 Å². The Hall–Kier alpha value is -4.50. The van der Waals surface area contributed by atoms with Crippen molar-refractivity contribution in [3.05, 3.63) is 101 Å². The minimum atomic E-state index is -2.22. The van der Waals surface area contributed by atoms with Gasteiger partial charge in [-0.2, -0.15) is 0 Å². The first-order chi connectivity index (χ1) is 18.3. The van der Waals surface area contributed by atoms with Crippen LogP contribution in [-0.4, -0.2) is 41.6 Å². The second-order valence-corrected chi connectivity index (χ2v) is 9.31. The highest BCUT2D eigenvalue weighted by Crippen LogP contribution is 2.57. The van der Waals surface area contributed by atoms with E-state index in [1.807, 2.05) is 0 Å². The summed E-state index contributed by atoms with van der Waals surface area (Å²) in [4.78, 5) is 68.2. The maximum Gasteiger partial charge on any atom is 0.338 e. The Labute approximate surface area is 216 Å². The zero-order valence-corrected chi connectivity index (χ0v) is 20.1. The fourth-order valence-electron chi connectivity index (χ4n) is 5.69. The van der Waals surface area contributed by atoms with Crippen LogP contribution in [0.1, 0.15) is 49.7 Å². The van der Waals surface area contributed by atoms with Gasteiger partial charge in [-0.15, -0.1) is 0 Å². The van der Waals surface area contributed by atoms with Crippen LogP contribution in [0.2, 0.25) is 0 Å². The lowest BCUT2D eigenvalue weighted by Gasteiger charge is -2.27. The van der Waals surface area contributed by atoms with Crippen molar-refractivity contribution >= 4 is 35.0 Å². The molecule has 3 aromatic rings. The van der Waals surface area contributed by atoms with Crippen LogP contribution in [0.3, 0.4) is 0 Å². The summed E-state index contributed by atoms with van der Waals surface area (Å²) < 4.78 is 24.8. The lowest BCUT2D eigenvalue weighted by Crippen LogP contribution is -2.51. The van der Waals surface area contributed by atoms with Crippen LogP contribution in [0.15, 0.2) is 72.8 Å². The second-order valence-electron chi connectivity index (χ2n) is 9.31. The number of carbonyl (C=O) groups excluding carboxylic acids is 5. The Kier molecular flexibility index (Phi) is 5.36. The lowest BCUT2D eigenvalue weighted by atomic mass is 9.77. The van der Waals surface area contributed by atoms with E-state index in [0.29, 0.717) is 5.56 Å². The normalized spacial score (nSPS) is 23.2. The third kappa shape index (κ3) is 3.15. The molecule has 1 spiro atoms. The summed E-state index contributed by atoms with van der Waals surface area (Å²) in [5.41, 5.74) is -1.22. The summed E-state index contributed by atoms with van der Waals surface area (Å²) in [6, 6.07) is 17.1. The predicted octanol–water partition coefficient (Wildman–Crippen LogP) is 3.70. The third-order valence-corrected chi connectivity index (χ3v) is 7.35. The van der Waals surface area contributed by atoms with Gasteiger partial charge in [0.05, 0.1) is 35.8 Å². The van der Waals surface area contributed by atoms with Gasteiger partial charge in [-0.1, -0.05) is 36.4 Å². The molecule has 0 aromatic heterocycles. The molecule has 9 heteroatoms. The van der Waals surface area contributed by atoms with Crippen molar-refractivity contribution in [3.63, 3.8) is 0 Å². The first-order valence-electron chi connectivity index (χ1n) is 12.1. The molecule has 2 heterocycles. The number of amides is 2. The Bertz CT molecular complexity index is 1490. The number of fused-ring (bicyclic) bond motifs is 3. The smallest absolute Gasteiger partial charge is 0.338 e. The minimum absolute atomic E-state index is 0.119. The molecule has 3 aliphatic rings. The number of hydrogen-bond acceptors (Lipinski definition) is 7. The number of ketones is 2. The molecule has 0 saturated carbocycles. The fourth-order valence-corrected chi connectivity index (χ4v) is 5.69. The van der Waals surface area contributed by atoms with Crippen molar-refractivity contribution in [2.75, 3.05) is 11.5 Å². The first-order valence-corrected chi connectivity index (χ1v) is 12.1. The number of esters is 1. The average molecular weight is 513 g/mol. The summed E-state index contributed by atoms with van der Waals surface area (Å²) in [7, 11) is 0. The molecule has 1 aliphatic carbocycles. The molecule has 3 aromatic carbocycles. The van der Waals surface area contributed by atoms with E-state index in [0.717, 1.165) is 4.90 Å². The van der Waals surface area contributed by atoms with Crippen LogP contribution in [0.4, 0.5) is 10.1 Å². The highest BCUT2D eigenvalue weighted by molar-refractivity contribution is 6.37. The number of ether oxygens (including phenoxy) is 2. The quantitative estimate of drug-likeness (QED) is 0.298.